The molecule has 80 valence electrons. The smallest absolute Gasteiger partial charge is 0.151 e. The largest absolute Gasteiger partial charge is 0.229 e. The van der Waals surface area contributed by atoms with Crippen LogP contribution in [-0.2, 0) is 15.6 Å². The normalized spacial score (nSPS) is 12.1. The number of thiophene rings is 1. The molecule has 1 heterocycles. The highest BCUT2D eigenvalue weighted by molar-refractivity contribution is 7.89. The molecular formula is C10H9ClO2S2. The first-order valence-corrected chi connectivity index (χ1v) is 7.61. The van der Waals surface area contributed by atoms with E-state index in [1.165, 1.54) is 17.6 Å². The highest BCUT2D eigenvalue weighted by Gasteiger charge is 2.11. The molecule has 0 fully saturated rings. The number of rotatable bonds is 2. The summed E-state index contributed by atoms with van der Waals surface area (Å²) >= 11 is 7.49. The molecule has 0 aliphatic heterocycles. The Kier molecular flexibility index (Phi) is 2.75. The summed E-state index contributed by atoms with van der Waals surface area (Å²) in [6, 6.07) is 5.55. The summed E-state index contributed by atoms with van der Waals surface area (Å²) in [5.74, 6) is 0.0767. The number of halogens is 1. The molecule has 0 saturated heterocycles. The van der Waals surface area contributed by atoms with E-state index in [9.17, 15) is 8.42 Å². The molecule has 1 aromatic heterocycles. The zero-order valence-electron chi connectivity index (χ0n) is 8.03. The maximum absolute atomic E-state index is 11.2. The van der Waals surface area contributed by atoms with Crippen LogP contribution in [0.15, 0.2) is 23.6 Å². The lowest BCUT2D eigenvalue weighted by Crippen LogP contribution is -1.99. The Morgan fingerprint density at radius 2 is 2.13 bits per heavy atom. The maximum atomic E-state index is 11.2. The highest BCUT2D eigenvalue weighted by Crippen LogP contribution is 2.32. The molecule has 2 rings (SSSR count). The maximum Gasteiger partial charge on any atom is 0.151 e. The number of benzene rings is 1. The zero-order chi connectivity index (χ0) is 11.1. The van der Waals surface area contributed by atoms with Gasteiger partial charge in [0, 0.05) is 6.26 Å². The molecule has 0 atom stereocenters. The van der Waals surface area contributed by atoms with Gasteiger partial charge in [-0.15, -0.1) is 11.3 Å². The summed E-state index contributed by atoms with van der Waals surface area (Å²) < 4.78 is 23.4. The van der Waals surface area contributed by atoms with Gasteiger partial charge in [0.2, 0.25) is 0 Å². The molecule has 0 aliphatic rings. The summed E-state index contributed by atoms with van der Waals surface area (Å²) in [5, 5.41) is 3.48. The molecule has 5 heteroatoms. The van der Waals surface area contributed by atoms with E-state index >= 15 is 0 Å². The third-order valence-corrected chi connectivity index (χ3v) is 4.39. The second-order valence-electron chi connectivity index (χ2n) is 3.45. The van der Waals surface area contributed by atoms with Crippen LogP contribution < -0.4 is 0 Å². The zero-order valence-corrected chi connectivity index (χ0v) is 10.4. The van der Waals surface area contributed by atoms with Crippen molar-refractivity contribution in [2.45, 2.75) is 5.75 Å². The molecule has 0 bridgehead atoms. The quantitative estimate of drug-likeness (QED) is 0.832. The van der Waals surface area contributed by atoms with E-state index in [1.54, 1.807) is 0 Å². The van der Waals surface area contributed by atoms with Crippen molar-refractivity contribution in [3.05, 3.63) is 34.2 Å². The van der Waals surface area contributed by atoms with Crippen molar-refractivity contribution in [2.24, 2.45) is 0 Å². The van der Waals surface area contributed by atoms with Crippen molar-refractivity contribution < 1.29 is 8.42 Å². The van der Waals surface area contributed by atoms with Crippen molar-refractivity contribution in [3.63, 3.8) is 0 Å². The number of sulfone groups is 1. The predicted octanol–water partition coefficient (Wildman–Crippen LogP) is 3.10. The predicted molar refractivity (Wildman–Crippen MR) is 65.4 cm³/mol. The summed E-state index contributed by atoms with van der Waals surface area (Å²) in [7, 11) is -2.99. The van der Waals surface area contributed by atoms with Gasteiger partial charge in [-0.1, -0.05) is 23.7 Å². The van der Waals surface area contributed by atoms with Gasteiger partial charge in [0.15, 0.2) is 9.84 Å². The molecule has 0 aliphatic carbocycles. The molecular weight excluding hydrogens is 252 g/mol. The topological polar surface area (TPSA) is 34.1 Å². The molecule has 0 amide bonds. The van der Waals surface area contributed by atoms with Gasteiger partial charge in [0.25, 0.3) is 0 Å². The van der Waals surface area contributed by atoms with Crippen molar-refractivity contribution in [2.75, 3.05) is 6.26 Å². The molecule has 2 aromatic rings. The van der Waals surface area contributed by atoms with Crippen molar-refractivity contribution in [1.29, 1.82) is 0 Å². The summed E-state index contributed by atoms with van der Waals surface area (Å²) in [6.07, 6.45) is 1.24. The van der Waals surface area contributed by atoms with E-state index < -0.39 is 9.84 Å². The van der Waals surface area contributed by atoms with Crippen LogP contribution in [0.25, 0.3) is 10.1 Å². The van der Waals surface area contributed by atoms with Gasteiger partial charge in [-0.25, -0.2) is 8.42 Å². The minimum atomic E-state index is -2.99. The first-order chi connectivity index (χ1) is 6.97. The van der Waals surface area contributed by atoms with Crippen molar-refractivity contribution in [1.82, 2.24) is 0 Å². The average molecular weight is 261 g/mol. The fraction of sp³-hybridized carbons (Fsp3) is 0.200. The van der Waals surface area contributed by atoms with Crippen LogP contribution in [-0.4, -0.2) is 14.7 Å². The van der Waals surface area contributed by atoms with Crippen LogP contribution in [0.5, 0.6) is 0 Å². The standard InChI is InChI=1S/C10H9ClO2S2/c1-15(12,13)6-7-5-14-10-8(7)3-2-4-9(10)11/h2-5H,6H2,1H3. The minimum absolute atomic E-state index is 0.0767. The van der Waals surface area contributed by atoms with Crippen LogP contribution in [0.4, 0.5) is 0 Å². The van der Waals surface area contributed by atoms with Crippen LogP contribution in [0.3, 0.4) is 0 Å². The Hall–Kier alpha value is -0.580. The van der Waals surface area contributed by atoms with E-state index in [2.05, 4.69) is 0 Å². The van der Waals surface area contributed by atoms with Crippen LogP contribution >= 0.6 is 22.9 Å². The molecule has 0 N–H and O–H groups in total. The lowest BCUT2D eigenvalue weighted by atomic mass is 10.2. The SMILES string of the molecule is CS(=O)(=O)Cc1csc2c(Cl)cccc12. The van der Waals surface area contributed by atoms with Crippen LogP contribution in [0.2, 0.25) is 5.02 Å². The Balaban J connectivity index is 2.60. The molecule has 15 heavy (non-hydrogen) atoms. The first kappa shape index (κ1) is 10.9. The van der Waals surface area contributed by atoms with Crippen molar-refractivity contribution >= 4 is 42.9 Å². The van der Waals surface area contributed by atoms with Gasteiger partial charge in [-0.3, -0.25) is 0 Å². The van der Waals surface area contributed by atoms with Crippen molar-refractivity contribution in [3.8, 4) is 0 Å². The lowest BCUT2D eigenvalue weighted by Gasteiger charge is -1.97. The molecule has 0 unspecified atom stereocenters. The van der Waals surface area contributed by atoms with Gasteiger partial charge >= 0.3 is 0 Å². The highest BCUT2D eigenvalue weighted by atomic mass is 35.5. The molecule has 0 saturated carbocycles. The lowest BCUT2D eigenvalue weighted by molar-refractivity contribution is 0.601. The number of hydrogen-bond donors (Lipinski definition) is 0. The first-order valence-electron chi connectivity index (χ1n) is 4.30. The molecule has 2 nitrogen and oxygen atoms in total. The third-order valence-electron chi connectivity index (χ3n) is 2.05. The second kappa shape index (κ2) is 3.77. The Bertz CT molecular complexity index is 599. The summed E-state index contributed by atoms with van der Waals surface area (Å²) in [4.78, 5) is 0. The third kappa shape index (κ3) is 2.33. The Labute approximate surface area is 97.4 Å². The van der Waals surface area contributed by atoms with E-state index in [-0.39, 0.29) is 5.75 Å². The van der Waals surface area contributed by atoms with Gasteiger partial charge in [0.1, 0.15) is 0 Å². The van der Waals surface area contributed by atoms with E-state index in [0.717, 1.165) is 15.6 Å². The van der Waals surface area contributed by atoms with Crippen LogP contribution in [0.1, 0.15) is 5.56 Å². The fourth-order valence-electron chi connectivity index (χ4n) is 1.47. The monoisotopic (exact) mass is 260 g/mol. The van der Waals surface area contributed by atoms with Gasteiger partial charge in [-0.2, -0.15) is 0 Å². The number of hydrogen-bond acceptors (Lipinski definition) is 3. The minimum Gasteiger partial charge on any atom is -0.229 e. The van der Waals surface area contributed by atoms with E-state index in [4.69, 9.17) is 11.6 Å². The van der Waals surface area contributed by atoms with Gasteiger partial charge in [-0.05, 0) is 22.4 Å². The summed E-state index contributed by atoms with van der Waals surface area (Å²) in [5.41, 5.74) is 0.833. The van der Waals surface area contributed by atoms with Gasteiger partial charge in [0.05, 0.1) is 15.5 Å². The molecule has 0 spiro atoms. The van der Waals surface area contributed by atoms with Gasteiger partial charge < -0.3 is 0 Å². The molecule has 1 aromatic carbocycles. The Morgan fingerprint density at radius 1 is 1.40 bits per heavy atom. The Morgan fingerprint density at radius 3 is 2.80 bits per heavy atom. The fourth-order valence-corrected chi connectivity index (χ4v) is 3.66. The van der Waals surface area contributed by atoms with E-state index in [0.29, 0.717) is 5.02 Å². The molecule has 0 radical (unpaired) electrons. The van der Waals surface area contributed by atoms with Crippen LogP contribution in [0, 0.1) is 0 Å². The average Bonchev–Trinajstić information content (AvgIpc) is 2.48. The van der Waals surface area contributed by atoms with E-state index in [1.807, 2.05) is 23.6 Å². The summed E-state index contributed by atoms with van der Waals surface area (Å²) in [6.45, 7) is 0. The second-order valence-corrected chi connectivity index (χ2v) is 6.87. The number of fused-ring (bicyclic) bond motifs is 1.